The van der Waals surface area contributed by atoms with E-state index in [2.05, 4.69) is 72.9 Å². The maximum absolute atomic E-state index is 9.55. The third kappa shape index (κ3) is 8.22. The molecule has 2 aromatic rings. The lowest BCUT2D eigenvalue weighted by atomic mass is 9.84. The van der Waals surface area contributed by atoms with Crippen molar-refractivity contribution in [2.75, 3.05) is 13.1 Å². The van der Waals surface area contributed by atoms with Gasteiger partial charge in [0.1, 0.15) is 0 Å². The molecule has 5 nitrogen and oxygen atoms in total. The molecule has 3 N–H and O–H groups in total. The number of rotatable bonds is 9. The highest BCUT2D eigenvalue weighted by Crippen LogP contribution is 2.37. The highest BCUT2D eigenvalue weighted by molar-refractivity contribution is 5.89. The van der Waals surface area contributed by atoms with Crippen LogP contribution in [-0.2, 0) is 9.59 Å². The fourth-order valence-corrected chi connectivity index (χ4v) is 3.62. The van der Waals surface area contributed by atoms with Crippen molar-refractivity contribution < 1.29 is 19.8 Å². The second-order valence-corrected chi connectivity index (χ2v) is 7.40. The normalized spacial score (nSPS) is 12.4. The number of benzene rings is 2. The Morgan fingerprint density at radius 1 is 0.839 bits per heavy atom. The minimum Gasteiger partial charge on any atom is -0.478 e. The molecule has 0 aromatic heterocycles. The summed E-state index contributed by atoms with van der Waals surface area (Å²) in [6.07, 6.45) is 10.6. The third-order valence-corrected chi connectivity index (χ3v) is 5.11. The number of carboxylic acids is 2. The molecule has 3 rings (SSSR count). The van der Waals surface area contributed by atoms with Crippen molar-refractivity contribution in [1.82, 2.24) is 5.32 Å². The number of carbonyl (C=O) groups is 2. The van der Waals surface area contributed by atoms with Gasteiger partial charge in [0.2, 0.25) is 0 Å². The van der Waals surface area contributed by atoms with Crippen LogP contribution in [0.3, 0.4) is 0 Å². The van der Waals surface area contributed by atoms with Crippen molar-refractivity contribution in [3.8, 4) is 0 Å². The first-order valence-electron chi connectivity index (χ1n) is 10.7. The van der Waals surface area contributed by atoms with Crippen LogP contribution in [0.15, 0.2) is 60.7 Å². The highest BCUT2D eigenvalue weighted by Gasteiger charge is 2.20. The van der Waals surface area contributed by atoms with Gasteiger partial charge in [-0.2, -0.15) is 0 Å². The Morgan fingerprint density at radius 3 is 1.81 bits per heavy atom. The van der Waals surface area contributed by atoms with Crippen molar-refractivity contribution in [2.45, 2.75) is 38.5 Å². The zero-order chi connectivity index (χ0) is 22.5. The molecule has 0 spiro atoms. The molecular formula is C26H31NO4. The van der Waals surface area contributed by atoms with Gasteiger partial charge >= 0.3 is 11.9 Å². The van der Waals surface area contributed by atoms with Crippen LogP contribution < -0.4 is 5.32 Å². The van der Waals surface area contributed by atoms with E-state index in [-0.39, 0.29) is 0 Å². The Balaban J connectivity index is 0.000000366. The van der Waals surface area contributed by atoms with Crippen molar-refractivity contribution in [1.29, 1.82) is 0 Å². The van der Waals surface area contributed by atoms with Crippen molar-refractivity contribution >= 4 is 24.1 Å². The summed E-state index contributed by atoms with van der Waals surface area (Å²) < 4.78 is 0. The molecule has 0 fully saturated rings. The molecule has 0 saturated heterocycles. The Kier molecular flexibility index (Phi) is 10.3. The molecule has 0 aliphatic heterocycles. The van der Waals surface area contributed by atoms with E-state index in [9.17, 15) is 9.59 Å². The average Bonchev–Trinajstić information content (AvgIpc) is 2.92. The van der Waals surface area contributed by atoms with E-state index in [4.69, 9.17) is 10.2 Å². The minimum atomic E-state index is -1.26. The van der Waals surface area contributed by atoms with E-state index in [0.717, 1.165) is 13.1 Å². The van der Waals surface area contributed by atoms with E-state index in [0.29, 0.717) is 18.1 Å². The third-order valence-electron chi connectivity index (χ3n) is 5.11. The number of nitrogens with one attached hydrogen (secondary N) is 1. The average molecular weight is 422 g/mol. The summed E-state index contributed by atoms with van der Waals surface area (Å²) >= 11 is 0. The van der Waals surface area contributed by atoms with E-state index in [1.165, 1.54) is 47.9 Å². The van der Waals surface area contributed by atoms with E-state index in [1.54, 1.807) is 0 Å². The molecule has 164 valence electrons. The van der Waals surface area contributed by atoms with Crippen LogP contribution in [0.1, 0.15) is 60.8 Å². The van der Waals surface area contributed by atoms with Gasteiger partial charge in [-0.25, -0.2) is 9.59 Å². The van der Waals surface area contributed by atoms with Crippen LogP contribution in [0.25, 0.3) is 12.2 Å². The number of aliphatic carboxylic acids is 2. The molecule has 0 unspecified atom stereocenters. The smallest absolute Gasteiger partial charge is 0.328 e. The van der Waals surface area contributed by atoms with Crippen LogP contribution in [-0.4, -0.2) is 35.2 Å². The Morgan fingerprint density at radius 2 is 1.32 bits per heavy atom. The number of unbranched alkanes of at least 4 members (excludes halogenated alkanes) is 1. The van der Waals surface area contributed by atoms with Crippen LogP contribution in [0.2, 0.25) is 0 Å². The molecule has 0 saturated carbocycles. The predicted octanol–water partition coefficient (Wildman–Crippen LogP) is 5.18. The molecule has 0 atom stereocenters. The van der Waals surface area contributed by atoms with E-state index in [1.807, 2.05) is 0 Å². The van der Waals surface area contributed by atoms with Crippen molar-refractivity contribution in [2.24, 2.45) is 0 Å². The van der Waals surface area contributed by atoms with Gasteiger partial charge < -0.3 is 15.5 Å². The van der Waals surface area contributed by atoms with Gasteiger partial charge in [-0.15, -0.1) is 0 Å². The molecule has 0 heterocycles. The Labute approximate surface area is 184 Å². The Bertz CT molecular complexity index is 852. The lowest BCUT2D eigenvalue weighted by molar-refractivity contribution is -0.134. The second-order valence-electron chi connectivity index (χ2n) is 7.40. The Hall–Kier alpha value is -3.18. The molecule has 2 aromatic carbocycles. The molecule has 0 radical (unpaired) electrons. The van der Waals surface area contributed by atoms with Crippen LogP contribution in [0.5, 0.6) is 0 Å². The monoisotopic (exact) mass is 421 g/mol. The summed E-state index contributed by atoms with van der Waals surface area (Å²) in [6.45, 7) is 4.51. The predicted molar refractivity (Wildman–Crippen MR) is 125 cm³/mol. The fourth-order valence-electron chi connectivity index (χ4n) is 3.62. The number of fused-ring (bicyclic) bond motifs is 2. The van der Waals surface area contributed by atoms with Gasteiger partial charge in [0.15, 0.2) is 0 Å². The molecule has 31 heavy (non-hydrogen) atoms. The molecule has 5 heteroatoms. The second kappa shape index (κ2) is 13.2. The summed E-state index contributed by atoms with van der Waals surface area (Å²) in [5.41, 5.74) is 5.69. The van der Waals surface area contributed by atoms with Gasteiger partial charge in [0, 0.05) is 18.1 Å². The molecule has 0 bridgehead atoms. The largest absolute Gasteiger partial charge is 0.478 e. The SMILES string of the molecule is CCCCNCCCC1c2ccccc2C=Cc2ccccc21.O=C(O)/C=C\C(=O)O. The van der Waals surface area contributed by atoms with Crippen LogP contribution >= 0.6 is 0 Å². The zero-order valence-electron chi connectivity index (χ0n) is 18.0. The lowest BCUT2D eigenvalue weighted by Crippen LogP contribution is -2.17. The van der Waals surface area contributed by atoms with E-state index >= 15 is 0 Å². The summed E-state index contributed by atoms with van der Waals surface area (Å²) in [7, 11) is 0. The van der Waals surface area contributed by atoms with E-state index < -0.39 is 11.9 Å². The molecular weight excluding hydrogens is 390 g/mol. The van der Waals surface area contributed by atoms with Crippen LogP contribution in [0, 0.1) is 0 Å². The summed E-state index contributed by atoms with van der Waals surface area (Å²) in [5, 5.41) is 19.2. The fraction of sp³-hybridized carbons (Fsp3) is 0.308. The minimum absolute atomic E-state index is 0.505. The van der Waals surface area contributed by atoms with Gasteiger partial charge in [-0.3, -0.25) is 0 Å². The number of carboxylic acid groups (broad SMARTS) is 2. The highest BCUT2D eigenvalue weighted by atomic mass is 16.4. The standard InChI is InChI=1S/C22H27N.C4H4O4/c1-2-3-16-23-17-8-13-22-20-11-6-4-9-18(20)14-15-19-10-5-7-12-21(19)22;5-3(6)1-2-4(7)8/h4-7,9-12,14-15,22-23H,2-3,8,13,16-17H2,1H3;1-2H,(H,5,6)(H,7,8)/b;2-1-. The van der Waals surface area contributed by atoms with Gasteiger partial charge in [0.25, 0.3) is 0 Å². The first-order valence-corrected chi connectivity index (χ1v) is 10.7. The topological polar surface area (TPSA) is 86.6 Å². The van der Waals surface area contributed by atoms with Gasteiger partial charge in [0.05, 0.1) is 0 Å². The lowest BCUT2D eigenvalue weighted by Gasteiger charge is -2.20. The summed E-state index contributed by atoms with van der Waals surface area (Å²) in [6, 6.07) is 17.7. The number of hydrogen-bond acceptors (Lipinski definition) is 3. The van der Waals surface area contributed by atoms with Gasteiger partial charge in [-0.05, 0) is 54.6 Å². The first kappa shape index (κ1) is 24.1. The van der Waals surface area contributed by atoms with Crippen LogP contribution in [0.4, 0.5) is 0 Å². The van der Waals surface area contributed by atoms with Gasteiger partial charge in [-0.1, -0.05) is 74.0 Å². The first-order chi connectivity index (χ1) is 15.0. The van der Waals surface area contributed by atoms with Crippen molar-refractivity contribution in [3.05, 3.63) is 82.9 Å². The summed E-state index contributed by atoms with van der Waals surface area (Å²) in [4.78, 5) is 19.1. The zero-order valence-corrected chi connectivity index (χ0v) is 18.0. The molecule has 1 aliphatic carbocycles. The maximum atomic E-state index is 9.55. The maximum Gasteiger partial charge on any atom is 0.328 e. The number of hydrogen-bond donors (Lipinski definition) is 3. The molecule has 0 amide bonds. The van der Waals surface area contributed by atoms with Crippen molar-refractivity contribution in [3.63, 3.8) is 0 Å². The quantitative estimate of drug-likeness (QED) is 0.383. The summed E-state index contributed by atoms with van der Waals surface area (Å²) in [5.74, 6) is -2.01. The molecule has 1 aliphatic rings.